The van der Waals surface area contributed by atoms with Gasteiger partial charge in [-0.05, 0) is 26.0 Å². The number of carbonyl (C=O) groups is 1. The Labute approximate surface area is 206 Å². The number of methoxy groups -OCH3 is 1. The number of aryl methyl sites for hydroxylation is 1. The van der Waals surface area contributed by atoms with E-state index >= 15 is 0 Å². The van der Waals surface area contributed by atoms with Crippen LogP contribution in [0.5, 0.6) is 5.88 Å². The molecule has 0 bridgehead atoms. The third-order valence-corrected chi connectivity index (χ3v) is 5.24. The first-order valence-corrected chi connectivity index (χ1v) is 11.1. The maximum Gasteiger partial charge on any atom is 0.269 e. The normalized spacial score (nSPS) is 12.9. The van der Waals surface area contributed by atoms with Crippen molar-refractivity contribution in [2.75, 3.05) is 25.6 Å². The van der Waals surface area contributed by atoms with Crippen LogP contribution in [0.2, 0.25) is 5.02 Å². The molecule has 2 atom stereocenters. The second kappa shape index (κ2) is 11.2. The summed E-state index contributed by atoms with van der Waals surface area (Å²) in [4.78, 5) is 30.0. The molecule has 1 amide bonds. The summed E-state index contributed by atoms with van der Waals surface area (Å²) in [7, 11) is 1.57. The number of nitrogens with one attached hydrogen (secondary N) is 1. The molecular formula is C23H24ClN7O4. The lowest BCUT2D eigenvalue weighted by molar-refractivity contribution is -0.127. The number of halogens is 1. The van der Waals surface area contributed by atoms with E-state index in [1.807, 2.05) is 25.1 Å². The molecule has 0 unspecified atom stereocenters. The molecule has 4 aromatic rings. The van der Waals surface area contributed by atoms with Crippen molar-refractivity contribution in [3.63, 3.8) is 0 Å². The summed E-state index contributed by atoms with van der Waals surface area (Å²) >= 11 is 6.34. The Balaban J connectivity index is 1.61. The molecule has 0 fully saturated rings. The van der Waals surface area contributed by atoms with Crippen molar-refractivity contribution < 1.29 is 19.0 Å². The van der Waals surface area contributed by atoms with Gasteiger partial charge in [0, 0.05) is 7.11 Å². The average Bonchev–Trinajstić information content (AvgIpc) is 3.28. The van der Waals surface area contributed by atoms with E-state index in [-0.39, 0.29) is 18.6 Å². The van der Waals surface area contributed by atoms with Crippen LogP contribution in [0.3, 0.4) is 0 Å². The van der Waals surface area contributed by atoms with Crippen LogP contribution >= 0.6 is 11.6 Å². The highest BCUT2D eigenvalue weighted by Crippen LogP contribution is 2.27. The molecule has 1 aromatic carbocycles. The van der Waals surface area contributed by atoms with Crippen LogP contribution in [0.25, 0.3) is 16.7 Å². The molecule has 0 saturated carbocycles. The number of ether oxygens (including phenoxy) is 3. The minimum Gasteiger partial charge on any atom is -0.461 e. The van der Waals surface area contributed by atoms with E-state index in [4.69, 9.17) is 25.8 Å². The van der Waals surface area contributed by atoms with Crippen molar-refractivity contribution in [2.45, 2.75) is 26.1 Å². The van der Waals surface area contributed by atoms with E-state index in [1.54, 1.807) is 37.2 Å². The van der Waals surface area contributed by atoms with E-state index in [1.165, 1.54) is 12.5 Å². The number of fused-ring (bicyclic) bond motifs is 1. The lowest BCUT2D eigenvalue weighted by Gasteiger charge is -2.20. The summed E-state index contributed by atoms with van der Waals surface area (Å²) in [6.45, 7) is 3.94. The zero-order valence-corrected chi connectivity index (χ0v) is 20.1. The lowest BCUT2D eigenvalue weighted by Crippen LogP contribution is -2.39. The lowest BCUT2D eigenvalue weighted by atomic mass is 10.3. The number of hydrogen-bond donors (Lipinski definition) is 1. The number of hydrogen-bond acceptors (Lipinski definition) is 9. The third kappa shape index (κ3) is 5.88. The van der Waals surface area contributed by atoms with Crippen LogP contribution in [0, 0.1) is 6.92 Å². The number of nitrogens with zero attached hydrogens (tertiary/aromatic N) is 6. The molecule has 0 aliphatic rings. The van der Waals surface area contributed by atoms with Crippen molar-refractivity contribution in [3.05, 3.63) is 59.9 Å². The topological polar surface area (TPSA) is 126 Å². The van der Waals surface area contributed by atoms with Crippen LogP contribution in [-0.4, -0.2) is 68.2 Å². The molecular weight excluding hydrogens is 474 g/mol. The van der Waals surface area contributed by atoms with Crippen molar-refractivity contribution in [1.29, 1.82) is 0 Å². The van der Waals surface area contributed by atoms with Gasteiger partial charge in [0.1, 0.15) is 11.7 Å². The van der Waals surface area contributed by atoms with Gasteiger partial charge < -0.3 is 19.5 Å². The Kier molecular flexibility index (Phi) is 7.80. The van der Waals surface area contributed by atoms with E-state index < -0.39 is 12.0 Å². The number of benzene rings is 1. The predicted octanol–water partition coefficient (Wildman–Crippen LogP) is 3.00. The number of para-hydroxylation sites is 1. The zero-order chi connectivity index (χ0) is 24.8. The summed E-state index contributed by atoms with van der Waals surface area (Å²) in [6.07, 6.45) is 4.60. The van der Waals surface area contributed by atoms with E-state index in [0.29, 0.717) is 34.2 Å². The Morgan fingerprint density at radius 2 is 1.94 bits per heavy atom. The van der Waals surface area contributed by atoms with Crippen LogP contribution in [0.15, 0.2) is 49.2 Å². The number of anilines is 1. The third-order valence-electron chi connectivity index (χ3n) is 4.92. The van der Waals surface area contributed by atoms with Gasteiger partial charge in [-0.2, -0.15) is 5.10 Å². The van der Waals surface area contributed by atoms with Crippen LogP contribution in [0.4, 0.5) is 5.82 Å². The highest BCUT2D eigenvalue weighted by Gasteiger charge is 2.25. The molecule has 35 heavy (non-hydrogen) atoms. The molecule has 182 valence electrons. The summed E-state index contributed by atoms with van der Waals surface area (Å²) < 4.78 is 18.5. The summed E-state index contributed by atoms with van der Waals surface area (Å²) in [6, 6.07) is 7.25. The fourth-order valence-electron chi connectivity index (χ4n) is 3.21. The zero-order valence-electron chi connectivity index (χ0n) is 19.4. The Bertz CT molecular complexity index is 1300. The van der Waals surface area contributed by atoms with Gasteiger partial charge in [0.25, 0.3) is 5.91 Å². The molecule has 0 spiro atoms. The van der Waals surface area contributed by atoms with Crippen molar-refractivity contribution >= 4 is 34.4 Å². The quantitative estimate of drug-likeness (QED) is 0.351. The molecule has 0 aliphatic heterocycles. The molecule has 3 heterocycles. The summed E-state index contributed by atoms with van der Waals surface area (Å²) in [5.41, 5.74) is 1.85. The van der Waals surface area contributed by atoms with Crippen LogP contribution in [-0.2, 0) is 14.3 Å². The van der Waals surface area contributed by atoms with Gasteiger partial charge in [0.2, 0.25) is 12.0 Å². The van der Waals surface area contributed by atoms with Gasteiger partial charge in [0.15, 0.2) is 11.5 Å². The molecule has 0 radical (unpaired) electrons. The van der Waals surface area contributed by atoms with E-state index in [0.717, 1.165) is 5.69 Å². The molecule has 1 N–H and O–H groups in total. The van der Waals surface area contributed by atoms with Crippen LogP contribution < -0.4 is 10.1 Å². The highest BCUT2D eigenvalue weighted by atomic mass is 35.5. The van der Waals surface area contributed by atoms with Gasteiger partial charge in [-0.3, -0.25) is 9.78 Å². The van der Waals surface area contributed by atoms with Gasteiger partial charge in [-0.25, -0.2) is 19.6 Å². The second-order valence-corrected chi connectivity index (χ2v) is 8.07. The highest BCUT2D eigenvalue weighted by molar-refractivity contribution is 6.32. The van der Waals surface area contributed by atoms with Crippen molar-refractivity contribution in [1.82, 2.24) is 29.7 Å². The standard InChI is InChI=1S/C23H24ClN7O4/c1-14-8-26-20(10-25-14)30-22(32)19(12-34-15(2)11-33-3)35-23-16-9-29-31(21(16)27-13-28-23)18-7-5-4-6-17(18)24/h4-10,13,15,19H,11-12H2,1-3H3,(H,26,30,32)/t15-,19+/m0/s1. The van der Waals surface area contributed by atoms with E-state index in [2.05, 4.69) is 30.4 Å². The smallest absolute Gasteiger partial charge is 0.269 e. The largest absolute Gasteiger partial charge is 0.461 e. The predicted molar refractivity (Wildman–Crippen MR) is 129 cm³/mol. The molecule has 12 heteroatoms. The number of amides is 1. The van der Waals surface area contributed by atoms with Gasteiger partial charge in [0.05, 0.1) is 54.3 Å². The fraction of sp³-hybridized carbons (Fsp3) is 0.304. The SMILES string of the molecule is COC[C@H](C)OC[C@@H](Oc1ncnc2c1cnn2-c1ccccc1Cl)C(=O)Nc1cnc(C)cn1. The molecule has 4 rings (SSSR count). The fourth-order valence-corrected chi connectivity index (χ4v) is 3.43. The second-order valence-electron chi connectivity index (χ2n) is 7.66. The maximum absolute atomic E-state index is 13.1. The molecule has 11 nitrogen and oxygen atoms in total. The Hall–Kier alpha value is -3.67. The number of rotatable bonds is 10. The first kappa shape index (κ1) is 24.5. The van der Waals surface area contributed by atoms with Crippen molar-refractivity contribution in [3.8, 4) is 11.6 Å². The van der Waals surface area contributed by atoms with Gasteiger partial charge >= 0.3 is 0 Å². The average molecular weight is 498 g/mol. The van der Waals surface area contributed by atoms with Crippen molar-refractivity contribution in [2.24, 2.45) is 0 Å². The molecule has 0 saturated heterocycles. The molecule has 0 aliphatic carbocycles. The first-order chi connectivity index (χ1) is 17.0. The van der Waals surface area contributed by atoms with Crippen LogP contribution in [0.1, 0.15) is 12.6 Å². The Morgan fingerprint density at radius 3 is 2.69 bits per heavy atom. The minimum absolute atomic E-state index is 0.0558. The number of carbonyl (C=O) groups excluding carboxylic acids is 1. The summed E-state index contributed by atoms with van der Waals surface area (Å²) in [5, 5.41) is 8.11. The Morgan fingerprint density at radius 1 is 1.11 bits per heavy atom. The minimum atomic E-state index is -1.06. The van der Waals surface area contributed by atoms with E-state index in [9.17, 15) is 4.79 Å². The monoisotopic (exact) mass is 497 g/mol. The maximum atomic E-state index is 13.1. The summed E-state index contributed by atoms with van der Waals surface area (Å²) in [5.74, 6) is -0.0111. The van der Waals surface area contributed by atoms with Gasteiger partial charge in [-0.15, -0.1) is 0 Å². The van der Waals surface area contributed by atoms with Gasteiger partial charge in [-0.1, -0.05) is 23.7 Å². The molecule has 3 aromatic heterocycles. The first-order valence-electron chi connectivity index (χ1n) is 10.8. The number of aromatic nitrogens is 6.